The molecule has 1 unspecified atom stereocenters. The van der Waals surface area contributed by atoms with Crippen LogP contribution in [0.4, 0.5) is 8.78 Å². The van der Waals surface area contributed by atoms with E-state index in [2.05, 4.69) is 6.92 Å². The van der Waals surface area contributed by atoms with Crippen molar-refractivity contribution in [2.24, 2.45) is 0 Å². The zero-order valence-corrected chi connectivity index (χ0v) is 14.7. The molecule has 4 heteroatoms. The SMILES string of the molecule is CCCCCCCCCC(F)(F)C1CC(=O)c2cccc(C)c2O1. The molecule has 0 fully saturated rings. The Kier molecular flexibility index (Phi) is 6.76. The summed E-state index contributed by atoms with van der Waals surface area (Å²) in [4.78, 5) is 12.2. The molecule has 134 valence electrons. The number of Topliss-reactive ketones (excluding diaryl/α,β-unsaturated/α-hetero) is 1. The maximum absolute atomic E-state index is 14.5. The first-order valence-electron chi connectivity index (χ1n) is 9.13. The standard InChI is InChI=1S/C20H28F2O2/c1-3-4-5-6-7-8-9-13-20(21,22)18-14-17(23)16-12-10-11-15(2)19(16)24-18/h10-12,18H,3-9,13-14H2,1-2H3. The summed E-state index contributed by atoms with van der Waals surface area (Å²) in [6.07, 6.45) is 5.22. The molecule has 2 nitrogen and oxygen atoms in total. The Morgan fingerprint density at radius 1 is 1.12 bits per heavy atom. The van der Waals surface area contributed by atoms with E-state index in [9.17, 15) is 13.6 Å². The van der Waals surface area contributed by atoms with Crippen LogP contribution in [0.5, 0.6) is 5.75 Å². The average Bonchev–Trinajstić information content (AvgIpc) is 2.55. The molecule has 0 aromatic heterocycles. The maximum Gasteiger partial charge on any atom is 0.284 e. The quantitative estimate of drug-likeness (QED) is 0.508. The summed E-state index contributed by atoms with van der Waals surface area (Å²) >= 11 is 0. The van der Waals surface area contributed by atoms with E-state index in [4.69, 9.17) is 4.74 Å². The first-order valence-corrected chi connectivity index (χ1v) is 9.13. The largest absolute Gasteiger partial charge is 0.483 e. The van der Waals surface area contributed by atoms with Gasteiger partial charge in [-0.1, -0.05) is 57.6 Å². The minimum absolute atomic E-state index is 0.208. The molecule has 1 aliphatic rings. The highest BCUT2D eigenvalue weighted by atomic mass is 19.3. The molecule has 0 saturated heterocycles. The molecule has 0 spiro atoms. The molecular weight excluding hydrogens is 310 g/mol. The topological polar surface area (TPSA) is 26.3 Å². The van der Waals surface area contributed by atoms with Crippen molar-refractivity contribution < 1.29 is 18.3 Å². The van der Waals surface area contributed by atoms with Crippen LogP contribution in [-0.2, 0) is 0 Å². The summed E-state index contributed by atoms with van der Waals surface area (Å²) < 4.78 is 34.5. The molecule has 0 amide bonds. The molecule has 1 aliphatic heterocycles. The second kappa shape index (κ2) is 8.59. The van der Waals surface area contributed by atoms with Crippen LogP contribution in [0.15, 0.2) is 18.2 Å². The maximum atomic E-state index is 14.5. The lowest BCUT2D eigenvalue weighted by Gasteiger charge is -2.32. The first kappa shape index (κ1) is 18.9. The molecule has 2 rings (SSSR count). The summed E-state index contributed by atoms with van der Waals surface area (Å²) in [7, 11) is 0. The summed E-state index contributed by atoms with van der Waals surface area (Å²) in [6.45, 7) is 3.94. The number of hydrogen-bond acceptors (Lipinski definition) is 2. The van der Waals surface area contributed by atoms with Crippen molar-refractivity contribution in [3.63, 3.8) is 0 Å². The van der Waals surface area contributed by atoms with Crippen molar-refractivity contribution in [1.82, 2.24) is 0 Å². The molecule has 1 atom stereocenters. The predicted molar refractivity (Wildman–Crippen MR) is 92.1 cm³/mol. The van der Waals surface area contributed by atoms with Crippen LogP contribution < -0.4 is 4.74 Å². The number of ketones is 1. The van der Waals surface area contributed by atoms with Crippen LogP contribution in [0.3, 0.4) is 0 Å². The molecule has 24 heavy (non-hydrogen) atoms. The number of fused-ring (bicyclic) bond motifs is 1. The van der Waals surface area contributed by atoms with Gasteiger partial charge in [0, 0.05) is 6.42 Å². The normalized spacial score (nSPS) is 17.5. The number of rotatable bonds is 9. The van der Waals surface area contributed by atoms with Crippen molar-refractivity contribution in [2.45, 2.75) is 83.7 Å². The monoisotopic (exact) mass is 338 g/mol. The Morgan fingerprint density at radius 2 is 1.79 bits per heavy atom. The number of carbonyl (C=O) groups is 1. The number of ether oxygens (including phenoxy) is 1. The Morgan fingerprint density at radius 3 is 2.50 bits per heavy atom. The number of alkyl halides is 2. The van der Waals surface area contributed by atoms with Crippen LogP contribution >= 0.6 is 0 Å². The highest BCUT2D eigenvalue weighted by molar-refractivity contribution is 6.00. The lowest BCUT2D eigenvalue weighted by atomic mass is 9.93. The van der Waals surface area contributed by atoms with Gasteiger partial charge in [-0.15, -0.1) is 0 Å². The molecule has 1 heterocycles. The van der Waals surface area contributed by atoms with Gasteiger partial charge in [0.1, 0.15) is 5.75 Å². The molecule has 0 aliphatic carbocycles. The molecular formula is C20H28F2O2. The fourth-order valence-corrected chi connectivity index (χ4v) is 3.21. The third-order valence-electron chi connectivity index (χ3n) is 4.73. The fourth-order valence-electron chi connectivity index (χ4n) is 3.21. The van der Waals surface area contributed by atoms with Crippen molar-refractivity contribution in [3.05, 3.63) is 29.3 Å². The number of halogens is 2. The minimum atomic E-state index is -2.96. The van der Waals surface area contributed by atoms with E-state index in [0.29, 0.717) is 17.7 Å². The lowest BCUT2D eigenvalue weighted by Crippen LogP contribution is -2.42. The van der Waals surface area contributed by atoms with Gasteiger partial charge in [0.2, 0.25) is 0 Å². The van der Waals surface area contributed by atoms with Gasteiger partial charge in [0.25, 0.3) is 5.92 Å². The Bertz CT molecular complexity index is 555. The van der Waals surface area contributed by atoms with Crippen molar-refractivity contribution in [2.75, 3.05) is 0 Å². The smallest absolute Gasteiger partial charge is 0.284 e. The summed E-state index contributed by atoms with van der Waals surface area (Å²) in [5.74, 6) is -2.87. The van der Waals surface area contributed by atoms with Crippen LogP contribution in [0.25, 0.3) is 0 Å². The number of carbonyl (C=O) groups excluding carboxylic acids is 1. The van der Waals surface area contributed by atoms with E-state index in [-0.39, 0.29) is 18.6 Å². The Hall–Kier alpha value is -1.45. The van der Waals surface area contributed by atoms with Gasteiger partial charge < -0.3 is 4.74 Å². The first-order chi connectivity index (χ1) is 11.5. The van der Waals surface area contributed by atoms with Crippen LogP contribution in [0.1, 0.15) is 80.6 Å². The van der Waals surface area contributed by atoms with E-state index in [1.807, 2.05) is 0 Å². The van der Waals surface area contributed by atoms with Crippen LogP contribution in [-0.4, -0.2) is 17.8 Å². The van der Waals surface area contributed by atoms with Gasteiger partial charge in [-0.2, -0.15) is 0 Å². The molecule has 0 N–H and O–H groups in total. The van der Waals surface area contributed by atoms with Gasteiger partial charge >= 0.3 is 0 Å². The summed E-state index contributed by atoms with van der Waals surface area (Å²) in [6, 6.07) is 5.19. The molecule has 0 radical (unpaired) electrons. The number of hydrogen-bond donors (Lipinski definition) is 0. The third-order valence-corrected chi connectivity index (χ3v) is 4.73. The minimum Gasteiger partial charge on any atom is -0.483 e. The highest BCUT2D eigenvalue weighted by Gasteiger charge is 2.45. The lowest BCUT2D eigenvalue weighted by molar-refractivity contribution is -0.104. The molecule has 0 bridgehead atoms. The third kappa shape index (κ3) is 4.78. The second-order valence-electron chi connectivity index (χ2n) is 6.82. The van der Waals surface area contributed by atoms with E-state index >= 15 is 0 Å². The van der Waals surface area contributed by atoms with E-state index in [1.165, 1.54) is 19.3 Å². The molecule has 1 aromatic carbocycles. The zero-order valence-electron chi connectivity index (χ0n) is 14.7. The number of benzene rings is 1. The van der Waals surface area contributed by atoms with Crippen LogP contribution in [0.2, 0.25) is 0 Å². The van der Waals surface area contributed by atoms with Gasteiger partial charge in [0.15, 0.2) is 11.9 Å². The molecule has 1 aromatic rings. The molecule has 0 saturated carbocycles. The number of aryl methyl sites for hydroxylation is 1. The second-order valence-corrected chi connectivity index (χ2v) is 6.82. The number of para-hydroxylation sites is 1. The fraction of sp³-hybridized carbons (Fsp3) is 0.650. The van der Waals surface area contributed by atoms with Gasteiger partial charge in [0.05, 0.1) is 12.0 Å². The van der Waals surface area contributed by atoms with Crippen molar-refractivity contribution in [3.8, 4) is 5.75 Å². The Balaban J connectivity index is 1.86. The van der Waals surface area contributed by atoms with Gasteiger partial charge in [-0.05, 0) is 25.0 Å². The van der Waals surface area contributed by atoms with E-state index < -0.39 is 12.0 Å². The average molecular weight is 338 g/mol. The van der Waals surface area contributed by atoms with Crippen molar-refractivity contribution >= 4 is 5.78 Å². The number of unbranched alkanes of at least 4 members (excludes halogenated alkanes) is 6. The highest BCUT2D eigenvalue weighted by Crippen LogP contribution is 2.38. The zero-order chi connectivity index (χ0) is 17.6. The summed E-state index contributed by atoms with van der Waals surface area (Å²) in [5.41, 5.74) is 1.16. The van der Waals surface area contributed by atoms with Crippen LogP contribution in [0, 0.1) is 6.92 Å². The predicted octanol–water partition coefficient (Wildman–Crippen LogP) is 6.10. The Labute approximate surface area is 143 Å². The summed E-state index contributed by atoms with van der Waals surface area (Å²) in [5, 5.41) is 0. The van der Waals surface area contributed by atoms with Gasteiger partial charge in [-0.3, -0.25) is 4.79 Å². The van der Waals surface area contributed by atoms with Crippen molar-refractivity contribution in [1.29, 1.82) is 0 Å². The van der Waals surface area contributed by atoms with E-state index in [1.54, 1.807) is 25.1 Å². The van der Waals surface area contributed by atoms with E-state index in [0.717, 1.165) is 24.8 Å². The van der Waals surface area contributed by atoms with Gasteiger partial charge in [-0.25, -0.2) is 8.78 Å².